The van der Waals surface area contributed by atoms with Crippen LogP contribution in [0.3, 0.4) is 0 Å². The molecule has 0 spiro atoms. The van der Waals surface area contributed by atoms with Gasteiger partial charge >= 0.3 is 6.09 Å². The molecular formula is C21H25N3O5S. The first-order valence-corrected chi connectivity index (χ1v) is 11.2. The highest BCUT2D eigenvalue weighted by Gasteiger charge is 2.36. The number of amides is 2. The number of nitrogens with two attached hydrogens (primary N) is 1. The van der Waals surface area contributed by atoms with Gasteiger partial charge in [-0.3, -0.25) is 4.79 Å². The van der Waals surface area contributed by atoms with Gasteiger partial charge < -0.3 is 15.8 Å². The number of benzene rings is 2. The van der Waals surface area contributed by atoms with E-state index in [2.05, 4.69) is 5.32 Å². The number of rotatable bonds is 7. The van der Waals surface area contributed by atoms with Crippen LogP contribution in [0, 0.1) is 0 Å². The molecule has 1 aliphatic rings. The van der Waals surface area contributed by atoms with Crippen LogP contribution in [0.25, 0.3) is 0 Å². The van der Waals surface area contributed by atoms with Crippen molar-refractivity contribution >= 4 is 22.0 Å². The Morgan fingerprint density at radius 1 is 1.07 bits per heavy atom. The quantitative estimate of drug-likeness (QED) is 0.695. The summed E-state index contributed by atoms with van der Waals surface area (Å²) in [5.41, 5.74) is 6.25. The number of carbonyl (C=O) groups excluding carboxylic acids is 2. The molecule has 1 heterocycles. The van der Waals surface area contributed by atoms with E-state index in [4.69, 9.17) is 10.5 Å². The van der Waals surface area contributed by atoms with Crippen LogP contribution in [-0.4, -0.2) is 43.5 Å². The summed E-state index contributed by atoms with van der Waals surface area (Å²) in [6.45, 7) is 0.248. The van der Waals surface area contributed by atoms with E-state index in [1.165, 1.54) is 16.4 Å². The molecule has 0 aliphatic carbocycles. The standard InChI is InChI=1S/C21H25N3O5S/c22-20(25)18(15-16-9-3-1-4-10-16)23-21(26)29-19-13-7-8-14-24(19)30(27,28)17-11-5-2-6-12-17/h1-6,9-12,18-19H,7-8,13-15H2,(H2,22,25)(H,23,26)/t18-,19-/m0/s1. The summed E-state index contributed by atoms with van der Waals surface area (Å²) < 4.78 is 32.6. The molecular weight excluding hydrogens is 406 g/mol. The molecule has 2 aromatic rings. The third-order valence-electron chi connectivity index (χ3n) is 4.91. The SMILES string of the molecule is NC(=O)[C@H](Cc1ccccc1)NC(=O)O[C@H]1CCCCN1S(=O)(=O)c1ccccc1. The van der Waals surface area contributed by atoms with Gasteiger partial charge in [-0.15, -0.1) is 0 Å². The lowest BCUT2D eigenvalue weighted by atomic mass is 10.1. The first-order valence-electron chi connectivity index (χ1n) is 9.75. The lowest BCUT2D eigenvalue weighted by Gasteiger charge is -2.34. The summed E-state index contributed by atoms with van der Waals surface area (Å²) in [4.78, 5) is 24.4. The first kappa shape index (κ1) is 21.8. The molecule has 9 heteroatoms. The van der Waals surface area contributed by atoms with Gasteiger partial charge in [0.15, 0.2) is 6.23 Å². The number of carbonyl (C=O) groups is 2. The normalized spacial score (nSPS) is 18.3. The van der Waals surface area contributed by atoms with Crippen LogP contribution in [0.4, 0.5) is 4.79 Å². The zero-order chi connectivity index (χ0) is 21.6. The molecule has 0 saturated carbocycles. The lowest BCUT2D eigenvalue weighted by Crippen LogP contribution is -2.50. The number of ether oxygens (including phenoxy) is 1. The molecule has 0 unspecified atom stereocenters. The summed E-state index contributed by atoms with van der Waals surface area (Å²) in [6, 6.07) is 16.2. The molecule has 30 heavy (non-hydrogen) atoms. The Bertz CT molecular complexity index is 967. The summed E-state index contributed by atoms with van der Waals surface area (Å²) in [5, 5.41) is 2.47. The van der Waals surface area contributed by atoms with E-state index in [9.17, 15) is 18.0 Å². The molecule has 1 aliphatic heterocycles. The molecule has 3 N–H and O–H groups in total. The number of nitrogens with one attached hydrogen (secondary N) is 1. The van der Waals surface area contributed by atoms with Crippen molar-refractivity contribution in [2.45, 2.75) is 42.8 Å². The van der Waals surface area contributed by atoms with Crippen LogP contribution in [0.2, 0.25) is 0 Å². The third kappa shape index (κ3) is 5.37. The van der Waals surface area contributed by atoms with E-state index < -0.39 is 34.3 Å². The average molecular weight is 432 g/mol. The third-order valence-corrected chi connectivity index (χ3v) is 6.81. The molecule has 8 nitrogen and oxygen atoms in total. The minimum absolute atomic E-state index is 0.139. The summed E-state index contributed by atoms with van der Waals surface area (Å²) in [5.74, 6) is -0.701. The van der Waals surface area contributed by atoms with Crippen LogP contribution >= 0.6 is 0 Å². The van der Waals surface area contributed by atoms with Gasteiger partial charge in [-0.05, 0) is 37.0 Å². The minimum atomic E-state index is -3.81. The van der Waals surface area contributed by atoms with Crippen molar-refractivity contribution in [2.24, 2.45) is 5.73 Å². The van der Waals surface area contributed by atoms with Crippen LogP contribution < -0.4 is 11.1 Å². The largest absolute Gasteiger partial charge is 0.429 e. The van der Waals surface area contributed by atoms with Crippen LogP contribution in [-0.2, 0) is 26.0 Å². The van der Waals surface area contributed by atoms with Gasteiger partial charge in [-0.1, -0.05) is 48.5 Å². The number of hydrogen-bond donors (Lipinski definition) is 2. The van der Waals surface area contributed by atoms with E-state index in [0.29, 0.717) is 12.8 Å². The van der Waals surface area contributed by atoms with Gasteiger partial charge in [-0.2, -0.15) is 4.31 Å². The Kier molecular flexibility index (Phi) is 7.07. The molecule has 1 fully saturated rings. The molecule has 2 atom stereocenters. The molecule has 1 saturated heterocycles. The number of sulfonamides is 1. The maximum Gasteiger partial charge on any atom is 0.409 e. The molecule has 0 radical (unpaired) electrons. The summed E-state index contributed by atoms with van der Waals surface area (Å²) in [6.07, 6.45) is 0.151. The monoisotopic (exact) mass is 431 g/mol. The van der Waals surface area contributed by atoms with Gasteiger partial charge in [-0.25, -0.2) is 13.2 Å². The zero-order valence-electron chi connectivity index (χ0n) is 16.4. The van der Waals surface area contributed by atoms with Gasteiger partial charge in [0.05, 0.1) is 4.90 Å². The van der Waals surface area contributed by atoms with Crippen LogP contribution in [0.15, 0.2) is 65.6 Å². The molecule has 2 amide bonds. The number of primary amides is 1. The molecule has 3 rings (SSSR count). The van der Waals surface area contributed by atoms with Crippen LogP contribution in [0.1, 0.15) is 24.8 Å². The Labute approximate surface area is 176 Å². The highest BCUT2D eigenvalue weighted by molar-refractivity contribution is 7.89. The Balaban J connectivity index is 1.69. The fourth-order valence-electron chi connectivity index (χ4n) is 3.37. The second kappa shape index (κ2) is 9.73. The minimum Gasteiger partial charge on any atom is -0.429 e. The average Bonchev–Trinajstić information content (AvgIpc) is 2.75. The number of alkyl carbamates (subject to hydrolysis) is 1. The van der Waals surface area contributed by atoms with Gasteiger partial charge in [0, 0.05) is 13.0 Å². The summed E-state index contributed by atoms with van der Waals surface area (Å²) >= 11 is 0. The summed E-state index contributed by atoms with van der Waals surface area (Å²) in [7, 11) is -3.81. The topological polar surface area (TPSA) is 119 Å². The van der Waals surface area contributed by atoms with Gasteiger partial charge in [0.2, 0.25) is 15.9 Å². The number of hydrogen-bond acceptors (Lipinski definition) is 5. The Morgan fingerprint density at radius 3 is 2.33 bits per heavy atom. The number of piperidine rings is 1. The lowest BCUT2D eigenvalue weighted by molar-refractivity contribution is -0.120. The molecule has 2 aromatic carbocycles. The van der Waals surface area contributed by atoms with Crippen molar-refractivity contribution in [2.75, 3.05) is 6.54 Å². The van der Waals surface area contributed by atoms with E-state index in [-0.39, 0.29) is 17.9 Å². The fourth-order valence-corrected chi connectivity index (χ4v) is 4.97. The smallest absolute Gasteiger partial charge is 0.409 e. The van der Waals surface area contributed by atoms with E-state index >= 15 is 0 Å². The predicted octanol–water partition coefficient (Wildman–Crippen LogP) is 2.01. The van der Waals surface area contributed by atoms with Crippen molar-refractivity contribution in [1.29, 1.82) is 0 Å². The second-order valence-corrected chi connectivity index (χ2v) is 8.96. The molecule has 0 bridgehead atoms. The van der Waals surface area contributed by atoms with E-state index in [0.717, 1.165) is 12.0 Å². The fraction of sp³-hybridized carbons (Fsp3) is 0.333. The van der Waals surface area contributed by atoms with Crippen LogP contribution in [0.5, 0.6) is 0 Å². The van der Waals surface area contributed by atoms with Crippen molar-refractivity contribution in [3.63, 3.8) is 0 Å². The second-order valence-electron chi connectivity index (χ2n) is 7.07. The van der Waals surface area contributed by atoms with Crippen molar-refractivity contribution in [1.82, 2.24) is 9.62 Å². The highest BCUT2D eigenvalue weighted by atomic mass is 32.2. The van der Waals surface area contributed by atoms with E-state index in [1.54, 1.807) is 18.2 Å². The van der Waals surface area contributed by atoms with Crippen molar-refractivity contribution in [3.05, 3.63) is 66.2 Å². The van der Waals surface area contributed by atoms with Crippen molar-refractivity contribution in [3.8, 4) is 0 Å². The maximum absolute atomic E-state index is 13.0. The Morgan fingerprint density at radius 2 is 1.70 bits per heavy atom. The molecule has 0 aromatic heterocycles. The number of nitrogens with zero attached hydrogens (tertiary/aromatic N) is 1. The highest BCUT2D eigenvalue weighted by Crippen LogP contribution is 2.26. The molecule has 160 valence electrons. The zero-order valence-corrected chi connectivity index (χ0v) is 17.3. The predicted molar refractivity (Wildman–Crippen MR) is 111 cm³/mol. The van der Waals surface area contributed by atoms with Crippen molar-refractivity contribution < 1.29 is 22.7 Å². The maximum atomic E-state index is 13.0. The van der Waals surface area contributed by atoms with Gasteiger partial charge in [0.25, 0.3) is 0 Å². The van der Waals surface area contributed by atoms with E-state index in [1.807, 2.05) is 30.3 Å². The van der Waals surface area contributed by atoms with Gasteiger partial charge in [0.1, 0.15) is 6.04 Å². The first-order chi connectivity index (χ1) is 14.4. The Hall–Kier alpha value is -2.91.